The van der Waals surface area contributed by atoms with Gasteiger partial charge in [0.15, 0.2) is 5.69 Å². The van der Waals surface area contributed by atoms with Gasteiger partial charge in [-0.05, 0) is 37.3 Å². The van der Waals surface area contributed by atoms with Crippen LogP contribution in [0.3, 0.4) is 0 Å². The van der Waals surface area contributed by atoms with E-state index in [9.17, 15) is 22.4 Å². The third-order valence-electron chi connectivity index (χ3n) is 3.92. The molecular weight excluding hydrogens is 416 g/mol. The van der Waals surface area contributed by atoms with E-state index < -0.39 is 23.5 Å². The Morgan fingerprint density at radius 3 is 2.69 bits per heavy atom. The lowest BCUT2D eigenvalue weighted by atomic mass is 10.1. The Morgan fingerprint density at radius 2 is 2.00 bits per heavy atom. The van der Waals surface area contributed by atoms with Crippen molar-refractivity contribution in [2.75, 3.05) is 5.32 Å². The quantitative estimate of drug-likeness (QED) is 0.535. The summed E-state index contributed by atoms with van der Waals surface area (Å²) in [6, 6.07) is 7.93. The summed E-state index contributed by atoms with van der Waals surface area (Å²) in [4.78, 5) is 12.5. The largest absolute Gasteiger partial charge is 0.489 e. The maximum absolute atomic E-state index is 13.2. The van der Waals surface area contributed by atoms with E-state index >= 15 is 0 Å². The summed E-state index contributed by atoms with van der Waals surface area (Å²) < 4.78 is 62.4. The van der Waals surface area contributed by atoms with E-state index in [1.807, 2.05) is 0 Å². The zero-order valence-electron chi connectivity index (χ0n) is 14.8. The van der Waals surface area contributed by atoms with E-state index in [1.54, 1.807) is 0 Å². The standard InChI is InChI=1S/C19H13ClF4N2O3/c1-10-14(9-28-13-4-2-3-12(21)8-13)17(26-29-10)18(27)25-16-7-11(19(22,23)24)5-6-15(16)20/h2-8H,9H2,1H3,(H,25,27). The van der Waals surface area contributed by atoms with Gasteiger partial charge in [0.05, 0.1) is 21.8 Å². The molecule has 0 spiro atoms. The van der Waals surface area contributed by atoms with Crippen molar-refractivity contribution < 1.29 is 31.6 Å². The van der Waals surface area contributed by atoms with Gasteiger partial charge in [-0.3, -0.25) is 4.79 Å². The molecular formula is C19H13ClF4N2O3. The molecule has 0 atom stereocenters. The van der Waals surface area contributed by atoms with E-state index in [4.69, 9.17) is 20.9 Å². The molecule has 0 unspecified atom stereocenters. The average molecular weight is 429 g/mol. The summed E-state index contributed by atoms with van der Waals surface area (Å²) in [6.07, 6.45) is -4.60. The van der Waals surface area contributed by atoms with Crippen molar-refractivity contribution in [1.29, 1.82) is 0 Å². The molecule has 3 rings (SSSR count). The molecule has 3 aromatic rings. The van der Waals surface area contributed by atoms with Crippen molar-refractivity contribution >= 4 is 23.2 Å². The van der Waals surface area contributed by atoms with Crippen LogP contribution >= 0.6 is 11.6 Å². The molecule has 0 aliphatic rings. The lowest BCUT2D eigenvalue weighted by molar-refractivity contribution is -0.137. The van der Waals surface area contributed by atoms with Crippen molar-refractivity contribution in [2.24, 2.45) is 0 Å². The van der Waals surface area contributed by atoms with Crippen molar-refractivity contribution in [3.8, 4) is 5.75 Å². The number of amides is 1. The second-order valence-corrected chi connectivity index (χ2v) is 6.37. The Labute approximate surface area is 167 Å². The van der Waals surface area contributed by atoms with Gasteiger partial charge in [0.2, 0.25) is 0 Å². The van der Waals surface area contributed by atoms with E-state index in [1.165, 1.54) is 25.1 Å². The Balaban J connectivity index is 1.80. The predicted octanol–water partition coefficient (Wildman–Crippen LogP) is 5.63. The van der Waals surface area contributed by atoms with Crippen molar-refractivity contribution in [2.45, 2.75) is 19.7 Å². The molecule has 1 heterocycles. The molecule has 2 aromatic carbocycles. The van der Waals surface area contributed by atoms with E-state index in [0.29, 0.717) is 0 Å². The third-order valence-corrected chi connectivity index (χ3v) is 4.25. The number of alkyl halides is 3. The zero-order chi connectivity index (χ0) is 21.2. The second-order valence-electron chi connectivity index (χ2n) is 5.96. The first-order chi connectivity index (χ1) is 13.6. The first-order valence-electron chi connectivity index (χ1n) is 8.17. The zero-order valence-corrected chi connectivity index (χ0v) is 15.6. The van der Waals surface area contributed by atoms with Gasteiger partial charge >= 0.3 is 6.18 Å². The SMILES string of the molecule is Cc1onc(C(=O)Nc2cc(C(F)(F)F)ccc2Cl)c1COc1cccc(F)c1. The van der Waals surface area contributed by atoms with Crippen LogP contribution in [0.1, 0.15) is 27.4 Å². The van der Waals surface area contributed by atoms with Crippen molar-refractivity contribution in [3.63, 3.8) is 0 Å². The van der Waals surface area contributed by atoms with Crippen LogP contribution in [0, 0.1) is 12.7 Å². The number of hydrogen-bond acceptors (Lipinski definition) is 4. The summed E-state index contributed by atoms with van der Waals surface area (Å²) in [5, 5.41) is 5.85. The maximum atomic E-state index is 13.2. The van der Waals surface area contributed by atoms with Crippen LogP contribution in [-0.4, -0.2) is 11.1 Å². The fourth-order valence-electron chi connectivity index (χ4n) is 2.43. The number of carbonyl (C=O) groups excluding carboxylic acids is 1. The number of nitrogens with zero attached hydrogens (tertiary/aromatic N) is 1. The number of halogens is 5. The summed E-state index contributed by atoms with van der Waals surface area (Å²) >= 11 is 5.89. The number of aromatic nitrogens is 1. The van der Waals surface area contributed by atoms with Gasteiger partial charge in [-0.1, -0.05) is 22.8 Å². The van der Waals surface area contributed by atoms with Gasteiger partial charge < -0.3 is 14.6 Å². The summed E-state index contributed by atoms with van der Waals surface area (Å²) in [7, 11) is 0. The summed E-state index contributed by atoms with van der Waals surface area (Å²) in [5.41, 5.74) is -1.13. The van der Waals surface area contributed by atoms with Crippen LogP contribution < -0.4 is 10.1 Å². The minimum absolute atomic E-state index is 0.0795. The van der Waals surface area contributed by atoms with Crippen LogP contribution in [0.4, 0.5) is 23.2 Å². The highest BCUT2D eigenvalue weighted by Gasteiger charge is 2.31. The van der Waals surface area contributed by atoms with Gasteiger partial charge in [-0.25, -0.2) is 4.39 Å². The second kappa shape index (κ2) is 8.12. The fourth-order valence-corrected chi connectivity index (χ4v) is 2.60. The number of rotatable bonds is 5. The molecule has 0 fully saturated rings. The number of ether oxygens (including phenoxy) is 1. The van der Waals surface area contributed by atoms with Gasteiger partial charge in [-0.15, -0.1) is 0 Å². The Morgan fingerprint density at radius 1 is 1.24 bits per heavy atom. The van der Waals surface area contributed by atoms with E-state index in [-0.39, 0.29) is 40.1 Å². The van der Waals surface area contributed by atoms with Gasteiger partial charge in [-0.2, -0.15) is 13.2 Å². The molecule has 152 valence electrons. The summed E-state index contributed by atoms with van der Waals surface area (Å²) in [5.74, 6) is -0.845. The van der Waals surface area contributed by atoms with Crippen LogP contribution in [0.25, 0.3) is 0 Å². The Kier molecular flexibility index (Phi) is 5.78. The summed E-state index contributed by atoms with van der Waals surface area (Å²) in [6.45, 7) is 1.36. The molecule has 1 N–H and O–H groups in total. The van der Waals surface area contributed by atoms with Crippen LogP contribution in [-0.2, 0) is 12.8 Å². The van der Waals surface area contributed by atoms with E-state index in [2.05, 4.69) is 10.5 Å². The number of hydrogen-bond donors (Lipinski definition) is 1. The normalized spacial score (nSPS) is 11.4. The molecule has 0 saturated carbocycles. The van der Waals surface area contributed by atoms with Gasteiger partial charge in [0.25, 0.3) is 5.91 Å². The van der Waals surface area contributed by atoms with Crippen molar-refractivity contribution in [1.82, 2.24) is 5.16 Å². The van der Waals surface area contributed by atoms with Crippen LogP contribution in [0.15, 0.2) is 47.0 Å². The molecule has 1 amide bonds. The molecule has 5 nitrogen and oxygen atoms in total. The number of carbonyl (C=O) groups is 1. The molecule has 0 bridgehead atoms. The minimum Gasteiger partial charge on any atom is -0.489 e. The molecule has 0 radical (unpaired) electrons. The molecule has 29 heavy (non-hydrogen) atoms. The molecule has 0 saturated heterocycles. The lowest BCUT2D eigenvalue weighted by Gasteiger charge is -2.11. The van der Waals surface area contributed by atoms with Gasteiger partial charge in [0.1, 0.15) is 23.9 Å². The van der Waals surface area contributed by atoms with Crippen LogP contribution in [0.2, 0.25) is 5.02 Å². The number of nitrogens with one attached hydrogen (secondary N) is 1. The molecule has 0 aliphatic heterocycles. The lowest BCUT2D eigenvalue weighted by Crippen LogP contribution is -2.16. The first-order valence-corrected chi connectivity index (χ1v) is 8.54. The molecule has 1 aromatic heterocycles. The number of benzene rings is 2. The number of anilines is 1. The van der Waals surface area contributed by atoms with E-state index in [0.717, 1.165) is 24.3 Å². The highest BCUT2D eigenvalue weighted by Crippen LogP contribution is 2.34. The Bertz CT molecular complexity index is 1050. The Hall–Kier alpha value is -3.07. The number of aryl methyl sites for hydroxylation is 1. The van der Waals surface area contributed by atoms with Gasteiger partial charge in [0, 0.05) is 6.07 Å². The maximum Gasteiger partial charge on any atom is 0.416 e. The smallest absolute Gasteiger partial charge is 0.416 e. The fraction of sp³-hybridized carbons (Fsp3) is 0.158. The molecule has 0 aliphatic carbocycles. The topological polar surface area (TPSA) is 64.4 Å². The predicted molar refractivity (Wildman–Crippen MR) is 96.4 cm³/mol. The van der Waals surface area contributed by atoms with Crippen LogP contribution in [0.5, 0.6) is 5.75 Å². The monoisotopic (exact) mass is 428 g/mol. The highest BCUT2D eigenvalue weighted by atomic mass is 35.5. The highest BCUT2D eigenvalue weighted by molar-refractivity contribution is 6.34. The third kappa shape index (κ3) is 4.86. The first kappa shape index (κ1) is 20.7. The average Bonchev–Trinajstić information content (AvgIpc) is 3.01. The minimum atomic E-state index is -4.60. The van der Waals surface area contributed by atoms with Crippen molar-refractivity contribution in [3.05, 3.63) is 75.9 Å². The molecule has 10 heteroatoms.